The fraction of sp³-hybridized carbons (Fsp3) is 0.500. The van der Waals surface area contributed by atoms with E-state index in [0.717, 1.165) is 34.6 Å². The van der Waals surface area contributed by atoms with Crippen molar-refractivity contribution >= 4 is 5.82 Å². The van der Waals surface area contributed by atoms with Gasteiger partial charge in [-0.05, 0) is 26.3 Å². The summed E-state index contributed by atoms with van der Waals surface area (Å²) in [4.78, 5) is 4.46. The zero-order valence-electron chi connectivity index (χ0n) is 15.0. The zero-order chi connectivity index (χ0) is 18.1. The summed E-state index contributed by atoms with van der Waals surface area (Å²) in [6, 6.07) is 4.14. The number of hydrogen-bond acceptors (Lipinski definition) is 5. The molecule has 0 atom stereocenters. The summed E-state index contributed by atoms with van der Waals surface area (Å²) in [5.74, 6) is 0.250. The highest BCUT2D eigenvalue weighted by molar-refractivity contribution is 5.78. The van der Waals surface area contributed by atoms with Crippen LogP contribution in [0.3, 0.4) is 0 Å². The number of aryl methyl sites for hydroxylation is 1. The highest BCUT2D eigenvalue weighted by atomic mass is 16.3. The second-order valence-electron chi connectivity index (χ2n) is 6.66. The Kier molecular flexibility index (Phi) is 4.95. The molecule has 0 saturated carbocycles. The molecule has 0 fully saturated rings. The third kappa shape index (κ3) is 3.00. The highest BCUT2D eigenvalue weighted by Gasteiger charge is 2.25. The first-order valence-electron chi connectivity index (χ1n) is 8.13. The molecule has 0 bridgehead atoms. The van der Waals surface area contributed by atoms with Crippen LogP contribution in [0.15, 0.2) is 6.07 Å². The van der Waals surface area contributed by atoms with Crippen molar-refractivity contribution in [2.45, 2.75) is 53.0 Å². The van der Waals surface area contributed by atoms with E-state index in [2.05, 4.69) is 36.9 Å². The van der Waals surface area contributed by atoms with Crippen LogP contribution >= 0.6 is 0 Å². The minimum absolute atomic E-state index is 0.0130. The molecule has 0 amide bonds. The highest BCUT2D eigenvalue weighted by Crippen LogP contribution is 2.36. The van der Waals surface area contributed by atoms with E-state index < -0.39 is 0 Å². The summed E-state index contributed by atoms with van der Waals surface area (Å²) in [5.41, 5.74) is 10.6. The molecule has 2 aromatic rings. The number of nitriles is 1. The van der Waals surface area contributed by atoms with Gasteiger partial charge in [0.25, 0.3) is 0 Å². The maximum absolute atomic E-state index is 9.57. The number of aromatic nitrogens is 3. The maximum atomic E-state index is 9.57. The average Bonchev–Trinajstić information content (AvgIpc) is 2.81. The van der Waals surface area contributed by atoms with Gasteiger partial charge >= 0.3 is 0 Å². The van der Waals surface area contributed by atoms with Gasteiger partial charge < -0.3 is 10.8 Å². The van der Waals surface area contributed by atoms with E-state index in [1.165, 1.54) is 0 Å². The minimum atomic E-state index is -0.139. The van der Waals surface area contributed by atoms with Crippen LogP contribution in [-0.2, 0) is 12.0 Å². The number of nitrogens with zero attached hydrogens (tertiary/aromatic N) is 4. The van der Waals surface area contributed by atoms with E-state index in [0.29, 0.717) is 12.1 Å². The number of rotatable bonds is 5. The van der Waals surface area contributed by atoms with Crippen LogP contribution in [0.2, 0.25) is 0 Å². The quantitative estimate of drug-likeness (QED) is 0.879. The number of aliphatic hydroxyl groups excluding tert-OH is 1. The van der Waals surface area contributed by atoms with Gasteiger partial charge in [0.1, 0.15) is 17.5 Å². The van der Waals surface area contributed by atoms with Crippen LogP contribution < -0.4 is 5.73 Å². The Morgan fingerprint density at radius 2 is 2.04 bits per heavy atom. The third-order valence-electron chi connectivity index (χ3n) is 4.70. The molecule has 0 aromatic carbocycles. The predicted octanol–water partition coefficient (Wildman–Crippen LogP) is 2.70. The Morgan fingerprint density at radius 3 is 2.58 bits per heavy atom. The van der Waals surface area contributed by atoms with Gasteiger partial charge in [-0.15, -0.1) is 0 Å². The zero-order valence-corrected chi connectivity index (χ0v) is 15.0. The molecule has 2 rings (SSSR count). The van der Waals surface area contributed by atoms with Crippen molar-refractivity contribution in [1.29, 1.82) is 5.26 Å². The summed E-state index contributed by atoms with van der Waals surface area (Å²) in [7, 11) is 0. The molecule has 2 aromatic heterocycles. The Hall–Kier alpha value is -2.39. The number of nitrogens with two attached hydrogens (primary N) is 1. The van der Waals surface area contributed by atoms with Crippen molar-refractivity contribution < 1.29 is 5.11 Å². The fourth-order valence-electron chi connectivity index (χ4n) is 2.81. The first-order valence-corrected chi connectivity index (χ1v) is 8.13. The third-order valence-corrected chi connectivity index (χ3v) is 4.70. The predicted molar refractivity (Wildman–Crippen MR) is 94.5 cm³/mol. The standard InChI is InChI=1S/C18H25N5O/c1-6-18(4,5)15-9-13(14(10-19)17(20)21-15)16-11(2)22-23(7-8-24)12(16)3/h9,24H,6-8H2,1-5H3,(H2,20,21). The van der Waals surface area contributed by atoms with E-state index in [9.17, 15) is 10.4 Å². The molecular weight excluding hydrogens is 302 g/mol. The van der Waals surface area contributed by atoms with Gasteiger partial charge in [-0.1, -0.05) is 20.8 Å². The van der Waals surface area contributed by atoms with Gasteiger partial charge in [0.2, 0.25) is 0 Å². The lowest BCUT2D eigenvalue weighted by atomic mass is 9.84. The Balaban J connectivity index is 2.77. The van der Waals surface area contributed by atoms with Crippen molar-refractivity contribution in [2.24, 2.45) is 0 Å². The largest absolute Gasteiger partial charge is 0.394 e. The van der Waals surface area contributed by atoms with E-state index in [4.69, 9.17) is 5.73 Å². The molecule has 128 valence electrons. The monoisotopic (exact) mass is 327 g/mol. The Bertz CT molecular complexity index is 799. The lowest BCUT2D eigenvalue weighted by molar-refractivity contribution is 0.268. The number of hydrogen-bond donors (Lipinski definition) is 2. The molecule has 0 unspecified atom stereocenters. The van der Waals surface area contributed by atoms with E-state index >= 15 is 0 Å². The summed E-state index contributed by atoms with van der Waals surface area (Å²) >= 11 is 0. The molecule has 3 N–H and O–H groups in total. The first-order chi connectivity index (χ1) is 11.3. The van der Waals surface area contributed by atoms with Gasteiger partial charge in [0.05, 0.1) is 18.8 Å². The van der Waals surface area contributed by atoms with Crippen LogP contribution in [-0.4, -0.2) is 26.5 Å². The molecule has 24 heavy (non-hydrogen) atoms. The van der Waals surface area contributed by atoms with Crippen LogP contribution in [0.5, 0.6) is 0 Å². The lowest BCUT2D eigenvalue weighted by Crippen LogP contribution is -2.19. The minimum Gasteiger partial charge on any atom is -0.394 e. The van der Waals surface area contributed by atoms with Gasteiger partial charge in [0.15, 0.2) is 0 Å². The first kappa shape index (κ1) is 18.0. The smallest absolute Gasteiger partial charge is 0.142 e. The molecule has 0 saturated heterocycles. The number of anilines is 1. The van der Waals surface area contributed by atoms with E-state index in [1.807, 2.05) is 19.9 Å². The number of aliphatic hydroxyl groups is 1. The molecule has 0 aliphatic rings. The normalized spacial score (nSPS) is 11.5. The maximum Gasteiger partial charge on any atom is 0.142 e. The summed E-state index contributed by atoms with van der Waals surface area (Å²) in [5, 5.41) is 23.2. The van der Waals surface area contributed by atoms with Gasteiger partial charge in [0, 0.05) is 27.9 Å². The van der Waals surface area contributed by atoms with Crippen molar-refractivity contribution in [1.82, 2.24) is 14.8 Å². The van der Waals surface area contributed by atoms with E-state index in [1.54, 1.807) is 4.68 Å². The second-order valence-corrected chi connectivity index (χ2v) is 6.66. The van der Waals surface area contributed by atoms with Gasteiger partial charge in [-0.2, -0.15) is 10.4 Å². The van der Waals surface area contributed by atoms with Gasteiger partial charge in [-0.3, -0.25) is 4.68 Å². The molecule has 0 radical (unpaired) electrons. The molecule has 0 spiro atoms. The number of pyridine rings is 1. The molecule has 2 heterocycles. The van der Waals surface area contributed by atoms with Crippen LogP contribution in [0.1, 0.15) is 49.8 Å². The summed E-state index contributed by atoms with van der Waals surface area (Å²) in [6.45, 7) is 10.6. The van der Waals surface area contributed by atoms with Crippen molar-refractivity contribution in [3.05, 3.63) is 28.7 Å². The van der Waals surface area contributed by atoms with Crippen molar-refractivity contribution in [3.63, 3.8) is 0 Å². The Labute approximate surface area is 142 Å². The molecule has 6 heteroatoms. The molecule has 6 nitrogen and oxygen atoms in total. The van der Waals surface area contributed by atoms with Crippen molar-refractivity contribution in [2.75, 3.05) is 12.3 Å². The summed E-state index contributed by atoms with van der Waals surface area (Å²) < 4.78 is 1.76. The Morgan fingerprint density at radius 1 is 1.38 bits per heavy atom. The SMILES string of the molecule is CCC(C)(C)c1cc(-c2c(C)nn(CCO)c2C)c(C#N)c(N)n1. The molecule has 0 aliphatic heterocycles. The van der Waals surface area contributed by atoms with Crippen LogP contribution in [0, 0.1) is 25.2 Å². The average molecular weight is 327 g/mol. The van der Waals surface area contributed by atoms with Crippen LogP contribution in [0.4, 0.5) is 5.82 Å². The molecule has 0 aliphatic carbocycles. The number of nitrogen functional groups attached to an aromatic ring is 1. The van der Waals surface area contributed by atoms with Gasteiger partial charge in [-0.25, -0.2) is 4.98 Å². The lowest BCUT2D eigenvalue weighted by Gasteiger charge is -2.23. The summed E-state index contributed by atoms with van der Waals surface area (Å²) in [6.07, 6.45) is 0.909. The second kappa shape index (κ2) is 6.62. The molecular formula is C18H25N5O. The van der Waals surface area contributed by atoms with Crippen LogP contribution in [0.25, 0.3) is 11.1 Å². The fourth-order valence-corrected chi connectivity index (χ4v) is 2.81. The topological polar surface area (TPSA) is 101 Å². The van der Waals surface area contributed by atoms with E-state index in [-0.39, 0.29) is 17.8 Å². The van der Waals surface area contributed by atoms with Crippen molar-refractivity contribution in [3.8, 4) is 17.2 Å².